The van der Waals surface area contributed by atoms with Gasteiger partial charge < -0.3 is 0 Å². The van der Waals surface area contributed by atoms with E-state index in [1.165, 1.54) is 175 Å². The van der Waals surface area contributed by atoms with Crippen LogP contribution in [0.4, 0.5) is 0 Å². The molecule has 0 fully saturated rings. The largest absolute Gasteiger partial charge is 0.0537 e. The standard InChI is InChI=1S/C80H48/c1-17-65-34-50-2-18-66(33-49(1)50)68-20-4-54-38-70(22-6-53(54)36-68)72-24-8-58-42-74(26-10-57(58)40-72)76-28-12-62-46-78(30-14-61(62)44-76)80-32-16-63-47-79(31-15-64(63)48-80)77-29-13-59-43-75(27-11-60(59)45-77)73-25-9-55-39-71(23-7-56(55)41-73)69-21-5-51-35-67(65)19-3-52(51)37-69/h1-48H. The molecule has 0 heterocycles. The highest BCUT2D eigenvalue weighted by atomic mass is 14.2. The topological polar surface area (TPSA) is 0 Å². The van der Waals surface area contributed by atoms with Crippen LogP contribution in [0.3, 0.4) is 0 Å². The first-order valence-electron chi connectivity index (χ1n) is 27.8. The van der Waals surface area contributed by atoms with E-state index in [0.717, 1.165) is 0 Å². The van der Waals surface area contributed by atoms with E-state index < -0.39 is 0 Å². The van der Waals surface area contributed by atoms with Crippen LogP contribution in [-0.4, -0.2) is 0 Å². The Hall–Kier alpha value is -10.4. The van der Waals surface area contributed by atoms with Gasteiger partial charge in [0.05, 0.1) is 0 Å². The smallest absolute Gasteiger partial charge is 0.0177 e. The fourth-order valence-corrected chi connectivity index (χ4v) is 12.8. The van der Waals surface area contributed by atoms with Gasteiger partial charge in [0.2, 0.25) is 0 Å². The summed E-state index contributed by atoms with van der Waals surface area (Å²) >= 11 is 0. The first-order chi connectivity index (χ1) is 39.5. The third kappa shape index (κ3) is 7.68. The van der Waals surface area contributed by atoms with Gasteiger partial charge in [-0.25, -0.2) is 0 Å². The molecule has 0 nitrogen and oxygen atoms in total. The van der Waals surface area contributed by atoms with Crippen molar-refractivity contribution in [2.45, 2.75) is 0 Å². The maximum atomic E-state index is 2.33. The van der Waals surface area contributed by atoms with Gasteiger partial charge in [-0.3, -0.25) is 0 Å². The highest BCUT2D eigenvalue weighted by Gasteiger charge is 2.13. The molecule has 38 aliphatic rings. The van der Waals surface area contributed by atoms with Crippen molar-refractivity contribution < 1.29 is 0 Å². The summed E-state index contributed by atoms with van der Waals surface area (Å²) in [5.41, 5.74) is 19.6. The minimum Gasteiger partial charge on any atom is -0.0537 e. The van der Waals surface area contributed by atoms with Gasteiger partial charge in [0.25, 0.3) is 0 Å². The molecule has 368 valence electrons. The monoisotopic (exact) mass is 1010 g/mol. The molecule has 0 unspecified atom stereocenters. The number of hydrogen-bond acceptors (Lipinski definition) is 0. The zero-order chi connectivity index (χ0) is 52.4. The molecule has 0 spiro atoms. The second-order valence-electron chi connectivity index (χ2n) is 22.2. The summed E-state index contributed by atoms with van der Waals surface area (Å²) < 4.78 is 0. The van der Waals surface area contributed by atoms with Crippen molar-refractivity contribution in [3.05, 3.63) is 291 Å². The minimum absolute atomic E-state index is 1.22. The summed E-state index contributed by atoms with van der Waals surface area (Å²) in [4.78, 5) is 0. The Balaban J connectivity index is 0.735. The lowest BCUT2D eigenvalue weighted by Crippen LogP contribution is -1.85. The summed E-state index contributed by atoms with van der Waals surface area (Å²) in [7, 11) is 0. The lowest BCUT2D eigenvalue weighted by molar-refractivity contribution is 1.63. The summed E-state index contributed by atoms with van der Waals surface area (Å²) in [5, 5.41) is 19.8. The summed E-state index contributed by atoms with van der Waals surface area (Å²) in [6.07, 6.45) is 0. The van der Waals surface area contributed by atoms with Gasteiger partial charge in [0.1, 0.15) is 0 Å². The van der Waals surface area contributed by atoms with Crippen LogP contribution >= 0.6 is 0 Å². The molecule has 54 rings (SSSR count). The maximum absolute atomic E-state index is 2.33. The molecule has 0 saturated carbocycles. The van der Waals surface area contributed by atoms with Gasteiger partial charge in [0.15, 0.2) is 0 Å². The predicted octanol–water partition coefficient (Wildman–Crippen LogP) is 22.6. The fraction of sp³-hybridized carbons (Fsp3) is 0. The Kier molecular flexibility index (Phi) is 9.81. The molecule has 80 heavy (non-hydrogen) atoms. The summed E-state index contributed by atoms with van der Waals surface area (Å²) in [6, 6.07) is 110. The average molecular weight is 1010 g/mol. The van der Waals surface area contributed by atoms with E-state index in [4.69, 9.17) is 0 Å². The second-order valence-corrected chi connectivity index (χ2v) is 22.2. The molecule has 0 aromatic heterocycles. The van der Waals surface area contributed by atoms with Crippen molar-refractivity contribution >= 4 is 86.2 Å². The molecule has 0 saturated heterocycles. The van der Waals surface area contributed by atoms with Gasteiger partial charge >= 0.3 is 0 Å². The molecule has 0 N–H and O–H groups in total. The van der Waals surface area contributed by atoms with Crippen LogP contribution in [0.1, 0.15) is 0 Å². The second kappa shape index (κ2) is 17.6. The third-order valence-electron chi connectivity index (χ3n) is 17.4. The molecular formula is C80H48. The Bertz CT molecular complexity index is 3980. The van der Waals surface area contributed by atoms with Crippen molar-refractivity contribution in [2.24, 2.45) is 0 Å². The van der Waals surface area contributed by atoms with Gasteiger partial charge in [0, 0.05) is 0 Å². The van der Waals surface area contributed by atoms with Crippen LogP contribution in [0, 0.1) is 0 Å². The number of benzene rings is 16. The van der Waals surface area contributed by atoms with E-state index in [-0.39, 0.29) is 0 Å². The summed E-state index contributed by atoms with van der Waals surface area (Å²) in [6.45, 7) is 0. The first kappa shape index (κ1) is 44.7. The minimum atomic E-state index is 1.22. The zero-order valence-electron chi connectivity index (χ0n) is 43.7. The average Bonchev–Trinajstić information content (AvgIpc) is 3.55. The molecule has 16 aromatic carbocycles. The van der Waals surface area contributed by atoms with Crippen LogP contribution < -0.4 is 0 Å². The van der Waals surface area contributed by atoms with Crippen molar-refractivity contribution in [2.75, 3.05) is 0 Å². The van der Waals surface area contributed by atoms with Crippen molar-refractivity contribution in [3.8, 4) is 89.0 Å². The number of hydrogen-bond donors (Lipinski definition) is 0. The quantitative estimate of drug-likeness (QED) is 0.142. The molecule has 0 aliphatic heterocycles. The third-order valence-corrected chi connectivity index (χ3v) is 17.4. The highest BCUT2D eigenvalue weighted by Crippen LogP contribution is 2.39. The lowest BCUT2D eigenvalue weighted by atomic mass is 9.93. The molecular weight excluding hydrogens is 961 g/mol. The van der Waals surface area contributed by atoms with Crippen LogP contribution in [-0.2, 0) is 0 Å². The lowest BCUT2D eigenvalue weighted by Gasteiger charge is -2.11. The number of rotatable bonds is 0. The Morgan fingerprint density at radius 3 is 0.200 bits per heavy atom. The Morgan fingerprint density at radius 2 is 0.138 bits per heavy atom. The van der Waals surface area contributed by atoms with Crippen LogP contribution in [0.2, 0.25) is 0 Å². The van der Waals surface area contributed by atoms with Gasteiger partial charge in [-0.2, -0.15) is 0 Å². The van der Waals surface area contributed by atoms with Crippen LogP contribution in [0.15, 0.2) is 291 Å². The zero-order valence-corrected chi connectivity index (χ0v) is 43.7. The van der Waals surface area contributed by atoms with E-state index in [1.54, 1.807) is 0 Å². The van der Waals surface area contributed by atoms with Crippen LogP contribution in [0.5, 0.6) is 0 Å². The normalized spacial score (nSPS) is 12.0. The molecule has 0 radical (unpaired) electrons. The highest BCUT2D eigenvalue weighted by molar-refractivity contribution is 6.01. The SMILES string of the molecule is c1cc2cc3ccc2cc1-c1ccc2cc(ccc2c1)-c1ccc2cc(ccc2c1)-c1ccc2cc(ccc2c1)-c1ccc2cc(ccc2c1)-c1ccc2cc(ccc2c1)-c1ccc2cc(ccc2c1)-c1ccc2cc-3ccc2c1. The predicted molar refractivity (Wildman–Crippen MR) is 344 cm³/mol. The van der Waals surface area contributed by atoms with Gasteiger partial charge in [-0.1, -0.05) is 194 Å². The van der Waals surface area contributed by atoms with E-state index >= 15 is 0 Å². The first-order valence-corrected chi connectivity index (χ1v) is 27.8. The molecule has 38 aliphatic carbocycles. The molecule has 0 atom stereocenters. The fourth-order valence-electron chi connectivity index (χ4n) is 12.8. The maximum Gasteiger partial charge on any atom is -0.0177 e. The van der Waals surface area contributed by atoms with E-state index in [1.807, 2.05) is 0 Å². The Morgan fingerprint density at radius 1 is 0.0750 bits per heavy atom. The van der Waals surface area contributed by atoms with Crippen molar-refractivity contribution in [1.29, 1.82) is 0 Å². The van der Waals surface area contributed by atoms with Gasteiger partial charge in [-0.15, -0.1) is 0 Å². The molecule has 16 aromatic rings. The van der Waals surface area contributed by atoms with Gasteiger partial charge in [-0.05, 0) is 272 Å². The van der Waals surface area contributed by atoms with E-state index in [2.05, 4.69) is 291 Å². The van der Waals surface area contributed by atoms with Crippen LogP contribution in [0.25, 0.3) is 175 Å². The van der Waals surface area contributed by atoms with E-state index in [9.17, 15) is 0 Å². The van der Waals surface area contributed by atoms with E-state index in [0.29, 0.717) is 0 Å². The Labute approximate surface area is 463 Å². The molecule has 32 bridgehead atoms. The van der Waals surface area contributed by atoms with Crippen molar-refractivity contribution in [1.82, 2.24) is 0 Å². The molecule has 0 heteroatoms. The molecule has 0 amide bonds. The summed E-state index contributed by atoms with van der Waals surface area (Å²) in [5.74, 6) is 0. The van der Waals surface area contributed by atoms with Crippen molar-refractivity contribution in [3.63, 3.8) is 0 Å².